The Morgan fingerprint density at radius 1 is 0.270 bits per heavy atom. The molecule has 3 nitrogen and oxygen atoms in total. The Bertz CT molecular complexity index is 2220. The molecule has 2 N–H and O–H groups in total. The summed E-state index contributed by atoms with van der Waals surface area (Å²) in [6, 6.07) is 37.1. The van der Waals surface area contributed by atoms with E-state index in [0.717, 1.165) is 17.2 Å². The van der Waals surface area contributed by atoms with Gasteiger partial charge in [0.25, 0.3) is 0 Å². The van der Waals surface area contributed by atoms with Crippen LogP contribution in [0.3, 0.4) is 0 Å². The van der Waals surface area contributed by atoms with Crippen molar-refractivity contribution >= 4 is 45.7 Å². The molecule has 498 valence electrons. The van der Waals surface area contributed by atoms with Crippen molar-refractivity contribution in [3.05, 3.63) is 148 Å². The van der Waals surface area contributed by atoms with Gasteiger partial charge in [0.2, 0.25) is 29.1 Å². The van der Waals surface area contributed by atoms with Crippen LogP contribution in [0.15, 0.2) is 97.1 Å². The second-order valence-electron chi connectivity index (χ2n) is 24.9. The first kappa shape index (κ1) is 79.6. The number of hydrogen-bond donors (Lipinski definition) is 2. The fourth-order valence-electron chi connectivity index (χ4n) is 11.7. The zero-order valence-electron chi connectivity index (χ0n) is 56.1. The lowest BCUT2D eigenvalue weighted by atomic mass is 10.0. The van der Waals surface area contributed by atoms with E-state index < -0.39 is 42.2 Å². The second-order valence-corrected chi connectivity index (χ2v) is 27.6. The molecule has 0 spiro atoms. The predicted octanol–water partition coefficient (Wildman–Crippen LogP) is 23.2. The van der Waals surface area contributed by atoms with Gasteiger partial charge in [-0.3, -0.25) is 0 Å². The lowest BCUT2D eigenvalue weighted by molar-refractivity contribution is 0.263. The summed E-state index contributed by atoms with van der Waals surface area (Å²) in [5, 5.41) is 22.6. The fraction of sp³-hybridized carbons (Fsp3) is 0.615. The van der Waals surface area contributed by atoms with Gasteiger partial charge in [0.05, 0.1) is 0 Å². The molecule has 11 heteroatoms. The highest BCUT2D eigenvalue weighted by molar-refractivity contribution is 7.56. The summed E-state index contributed by atoms with van der Waals surface area (Å²) >= 11 is 0. The monoisotopic (exact) mass is 1270 g/mol. The fourth-order valence-corrected chi connectivity index (χ4v) is 14.5. The van der Waals surface area contributed by atoms with Crippen LogP contribution in [0, 0.1) is 29.1 Å². The Kier molecular flexibility index (Phi) is 48.2. The molecule has 89 heavy (non-hydrogen) atoms. The van der Waals surface area contributed by atoms with Crippen LogP contribution in [-0.4, -0.2) is 17.4 Å². The first-order valence-corrected chi connectivity index (χ1v) is 38.0. The quantitative estimate of drug-likeness (QED) is 0.0102. The molecule has 5 aromatic carbocycles. The summed E-state index contributed by atoms with van der Waals surface area (Å²) in [6.07, 6.45) is 61.5. The first-order chi connectivity index (χ1) is 43.6. The SMILES string of the molecule is CCCCCCCCCCCCc1ccccc1Pc1ccccc1CCCCCCCCCCCC.CCCCCCCCCCCCc1ccccc1Pc1ccccc1CCCCCCCCCCCC.OB(O)Oc1c(F)c(F)c(F)c(F)c1F. The molecule has 0 saturated carbocycles. The van der Waals surface area contributed by atoms with Crippen molar-refractivity contribution in [2.45, 2.75) is 310 Å². The summed E-state index contributed by atoms with van der Waals surface area (Å²) in [4.78, 5) is 0. The Morgan fingerprint density at radius 3 is 0.652 bits per heavy atom. The van der Waals surface area contributed by atoms with E-state index in [-0.39, 0.29) is 0 Å². The lowest BCUT2D eigenvalue weighted by Gasteiger charge is -2.13. The summed E-state index contributed by atoms with van der Waals surface area (Å²) in [5.41, 5.74) is 6.37. The maximum Gasteiger partial charge on any atom is 0.707 e. The average Bonchev–Trinajstić information content (AvgIpc) is 2.73. The molecule has 0 fully saturated rings. The van der Waals surface area contributed by atoms with Crippen LogP contribution in [0.2, 0.25) is 0 Å². The minimum atomic E-state index is -2.70. The maximum absolute atomic E-state index is 12.7. The molecule has 0 bridgehead atoms. The summed E-state index contributed by atoms with van der Waals surface area (Å²) in [5.74, 6) is -13.1. The highest BCUT2D eigenvalue weighted by Crippen LogP contribution is 2.30. The van der Waals surface area contributed by atoms with Crippen LogP contribution in [0.1, 0.15) is 307 Å². The van der Waals surface area contributed by atoms with Crippen molar-refractivity contribution in [2.75, 3.05) is 0 Å². The molecule has 0 aromatic heterocycles. The number of hydrogen-bond acceptors (Lipinski definition) is 3. The molecule has 0 aliphatic rings. The number of halogens is 5. The molecule has 0 heterocycles. The highest BCUT2D eigenvalue weighted by Gasteiger charge is 2.29. The van der Waals surface area contributed by atoms with E-state index in [4.69, 9.17) is 10.0 Å². The molecular weight excluding hydrogens is 1150 g/mol. The van der Waals surface area contributed by atoms with Crippen LogP contribution in [0.4, 0.5) is 22.0 Å². The van der Waals surface area contributed by atoms with Gasteiger partial charge in [-0.15, -0.1) is 0 Å². The van der Waals surface area contributed by atoms with E-state index in [1.807, 2.05) is 0 Å². The Hall–Kier alpha value is -3.61. The average molecular weight is 1270 g/mol. The van der Waals surface area contributed by atoms with Crippen molar-refractivity contribution in [1.82, 2.24) is 0 Å². The first-order valence-electron chi connectivity index (χ1n) is 36.0. The number of benzene rings is 5. The summed E-state index contributed by atoms with van der Waals surface area (Å²) in [6.45, 7) is 9.21. The molecule has 0 aliphatic heterocycles. The molecule has 5 rings (SSSR count). The van der Waals surface area contributed by atoms with Crippen LogP contribution in [0.25, 0.3) is 0 Å². The molecule has 0 amide bonds. The second kappa shape index (κ2) is 53.9. The number of unbranched alkanes of at least 4 members (excludes halogenated alkanes) is 36. The van der Waals surface area contributed by atoms with E-state index in [0.29, 0.717) is 0 Å². The van der Waals surface area contributed by atoms with Gasteiger partial charge < -0.3 is 14.7 Å². The molecular formula is C78H120BF5O3P2. The third kappa shape index (κ3) is 37.0. The van der Waals surface area contributed by atoms with Crippen molar-refractivity contribution < 1.29 is 36.7 Å². The zero-order chi connectivity index (χ0) is 64.2. The third-order valence-electron chi connectivity index (χ3n) is 17.2. The predicted molar refractivity (Wildman–Crippen MR) is 380 cm³/mol. The van der Waals surface area contributed by atoms with E-state index in [1.165, 1.54) is 283 Å². The molecule has 0 atom stereocenters. The van der Waals surface area contributed by atoms with E-state index in [9.17, 15) is 22.0 Å². The van der Waals surface area contributed by atoms with Crippen LogP contribution < -0.4 is 25.9 Å². The van der Waals surface area contributed by atoms with Gasteiger partial charge in [-0.25, -0.2) is 13.2 Å². The third-order valence-corrected chi connectivity index (χ3v) is 20.2. The van der Waals surface area contributed by atoms with Gasteiger partial charge in [-0.1, -0.05) is 373 Å². The van der Waals surface area contributed by atoms with Gasteiger partial charge in [0, 0.05) is 0 Å². The van der Waals surface area contributed by atoms with E-state index in [1.54, 1.807) is 43.5 Å². The topological polar surface area (TPSA) is 49.7 Å². The van der Waals surface area contributed by atoms with Crippen LogP contribution in [-0.2, 0) is 25.7 Å². The molecule has 0 unspecified atom stereocenters. The molecule has 0 saturated heterocycles. The summed E-state index contributed by atoms with van der Waals surface area (Å²) in [7, 11) is -1.10. The standard InChI is InChI=1S/2C36H59P.C6H2BF5O3/c2*1-3-5-7-9-11-13-15-17-19-21-27-33-29-23-25-31-35(33)37-36-32-26-24-30-34(36)28-22-20-18-16-14-12-10-8-6-4-2;8-1-2(9)4(11)6(15-7(13)14)5(12)3(1)10/h2*23-26,29-32,37H,3-22,27-28H2,1-2H3;13-14H. The van der Waals surface area contributed by atoms with Gasteiger partial charge in [-0.2, -0.15) is 8.78 Å². The normalized spacial score (nSPS) is 11.1. The Labute approximate surface area is 543 Å². The van der Waals surface area contributed by atoms with Gasteiger partial charge in [-0.05, 0) is 94.8 Å². The zero-order valence-corrected chi connectivity index (χ0v) is 58.1. The van der Waals surface area contributed by atoms with Crippen molar-refractivity contribution in [3.8, 4) is 5.75 Å². The van der Waals surface area contributed by atoms with Crippen molar-refractivity contribution in [3.63, 3.8) is 0 Å². The van der Waals surface area contributed by atoms with Crippen molar-refractivity contribution in [2.24, 2.45) is 0 Å². The Balaban J connectivity index is 0.000000379. The van der Waals surface area contributed by atoms with E-state index >= 15 is 0 Å². The number of aryl methyl sites for hydroxylation is 4. The van der Waals surface area contributed by atoms with E-state index in [2.05, 4.69) is 129 Å². The summed E-state index contributed by atoms with van der Waals surface area (Å²) < 4.78 is 66.3. The van der Waals surface area contributed by atoms with Crippen LogP contribution >= 0.6 is 17.2 Å². The largest absolute Gasteiger partial charge is 0.707 e. The molecule has 0 radical (unpaired) electrons. The van der Waals surface area contributed by atoms with Gasteiger partial charge in [0.1, 0.15) is 0 Å². The minimum Gasteiger partial charge on any atom is -0.507 e. The molecule has 0 aliphatic carbocycles. The smallest absolute Gasteiger partial charge is 0.507 e. The van der Waals surface area contributed by atoms with Gasteiger partial charge >= 0.3 is 7.32 Å². The Morgan fingerprint density at radius 2 is 0.449 bits per heavy atom. The van der Waals surface area contributed by atoms with Gasteiger partial charge in [0.15, 0.2) is 5.75 Å². The van der Waals surface area contributed by atoms with Crippen molar-refractivity contribution in [1.29, 1.82) is 0 Å². The maximum atomic E-state index is 12.7. The van der Waals surface area contributed by atoms with Crippen LogP contribution in [0.5, 0.6) is 5.75 Å². The minimum absolute atomic E-state index is 0.798. The highest BCUT2D eigenvalue weighted by atomic mass is 31.1. The molecule has 5 aromatic rings. The number of rotatable bonds is 50. The lowest BCUT2D eigenvalue weighted by Crippen LogP contribution is -2.23.